The lowest BCUT2D eigenvalue weighted by Gasteiger charge is -2.10. The molecule has 1 aromatic carbocycles. The summed E-state index contributed by atoms with van der Waals surface area (Å²) in [6.07, 6.45) is 5.47. The molecule has 0 atom stereocenters. The first-order valence-corrected chi connectivity index (χ1v) is 9.64. The molecule has 0 bridgehead atoms. The van der Waals surface area contributed by atoms with Crippen molar-refractivity contribution in [2.45, 2.75) is 6.92 Å². The third kappa shape index (κ3) is 5.53. The molecule has 0 spiro atoms. The Bertz CT molecular complexity index is 934. The maximum atomic E-state index is 12.3. The van der Waals surface area contributed by atoms with Crippen molar-refractivity contribution in [3.05, 3.63) is 48.4 Å². The highest BCUT2D eigenvalue weighted by atomic mass is 32.2. The molecule has 2 heterocycles. The number of nitrogens with zero attached hydrogens (tertiary/aromatic N) is 3. The average Bonchev–Trinajstić information content (AvgIpc) is 2.64. The molecular formula is C18H21N7OS. The van der Waals surface area contributed by atoms with E-state index >= 15 is 0 Å². The molecule has 0 aliphatic heterocycles. The van der Waals surface area contributed by atoms with Crippen molar-refractivity contribution in [3.8, 4) is 0 Å². The Labute approximate surface area is 161 Å². The Morgan fingerprint density at radius 3 is 2.81 bits per heavy atom. The van der Waals surface area contributed by atoms with Gasteiger partial charge in [-0.25, -0.2) is 9.78 Å². The van der Waals surface area contributed by atoms with Gasteiger partial charge in [0.05, 0.1) is 0 Å². The van der Waals surface area contributed by atoms with Gasteiger partial charge in [-0.3, -0.25) is 15.0 Å². The van der Waals surface area contributed by atoms with Crippen LogP contribution in [0.1, 0.15) is 5.69 Å². The summed E-state index contributed by atoms with van der Waals surface area (Å²) in [7, 11) is 0. The van der Waals surface area contributed by atoms with Gasteiger partial charge in [0.15, 0.2) is 0 Å². The van der Waals surface area contributed by atoms with Crippen LogP contribution < -0.4 is 20.7 Å². The van der Waals surface area contributed by atoms with Crippen molar-refractivity contribution in [2.24, 2.45) is 0 Å². The molecular weight excluding hydrogens is 362 g/mol. The average molecular weight is 383 g/mol. The van der Waals surface area contributed by atoms with E-state index in [1.165, 1.54) is 0 Å². The summed E-state index contributed by atoms with van der Waals surface area (Å²) in [5, 5.41) is 10.7. The van der Waals surface area contributed by atoms with Crippen molar-refractivity contribution in [3.63, 3.8) is 0 Å². The minimum absolute atomic E-state index is 0.248. The maximum Gasteiger partial charge on any atom is 0.326 e. The minimum atomic E-state index is -0.399. The molecule has 3 aromatic rings. The highest BCUT2D eigenvalue weighted by Crippen LogP contribution is 2.18. The third-order valence-electron chi connectivity index (χ3n) is 3.66. The summed E-state index contributed by atoms with van der Waals surface area (Å²) in [5.74, 6) is 0.914. The molecule has 27 heavy (non-hydrogen) atoms. The van der Waals surface area contributed by atoms with Gasteiger partial charge in [-0.1, -0.05) is 18.0 Å². The summed E-state index contributed by atoms with van der Waals surface area (Å²) in [6, 6.07) is 8.95. The zero-order valence-corrected chi connectivity index (χ0v) is 15.9. The van der Waals surface area contributed by atoms with Gasteiger partial charge >= 0.3 is 6.03 Å². The van der Waals surface area contributed by atoms with Crippen molar-refractivity contribution >= 4 is 46.2 Å². The molecule has 0 saturated carbocycles. The van der Waals surface area contributed by atoms with Gasteiger partial charge in [-0.15, -0.1) is 0 Å². The molecule has 0 unspecified atom stereocenters. The highest BCUT2D eigenvalue weighted by molar-refractivity contribution is 7.96. The minimum Gasteiger partial charge on any atom is -0.369 e. The molecule has 0 aliphatic carbocycles. The van der Waals surface area contributed by atoms with Crippen LogP contribution in [0.2, 0.25) is 0 Å². The second-order valence-corrected chi connectivity index (χ2v) is 6.46. The number of carbonyl (C=O) groups is 1. The molecule has 2 aromatic heterocycles. The van der Waals surface area contributed by atoms with Crippen molar-refractivity contribution in [1.82, 2.24) is 19.7 Å². The van der Waals surface area contributed by atoms with E-state index in [-0.39, 0.29) is 5.95 Å². The summed E-state index contributed by atoms with van der Waals surface area (Å²) in [4.78, 5) is 25.0. The number of pyridine rings is 1. The number of benzene rings is 1. The Morgan fingerprint density at radius 1 is 1.07 bits per heavy atom. The second-order valence-electron chi connectivity index (χ2n) is 5.76. The van der Waals surface area contributed by atoms with E-state index in [0.717, 1.165) is 29.6 Å². The van der Waals surface area contributed by atoms with Gasteiger partial charge in [-0.05, 0) is 36.8 Å². The Morgan fingerprint density at radius 2 is 1.96 bits per heavy atom. The van der Waals surface area contributed by atoms with Gasteiger partial charge in [0.2, 0.25) is 5.95 Å². The molecule has 0 aliphatic rings. The molecule has 140 valence electrons. The fourth-order valence-corrected chi connectivity index (χ4v) is 2.79. The predicted octanol–water partition coefficient (Wildman–Crippen LogP) is 3.26. The van der Waals surface area contributed by atoms with E-state index in [0.29, 0.717) is 11.5 Å². The van der Waals surface area contributed by atoms with E-state index in [1.807, 2.05) is 43.5 Å². The lowest BCUT2D eigenvalue weighted by Crippen LogP contribution is -2.22. The van der Waals surface area contributed by atoms with Crippen LogP contribution in [-0.4, -0.2) is 40.3 Å². The predicted molar refractivity (Wildman–Crippen MR) is 111 cm³/mol. The zero-order chi connectivity index (χ0) is 19.1. The van der Waals surface area contributed by atoms with Crippen LogP contribution in [-0.2, 0) is 0 Å². The van der Waals surface area contributed by atoms with E-state index in [2.05, 4.69) is 35.6 Å². The molecule has 9 heteroatoms. The smallest absolute Gasteiger partial charge is 0.326 e. The van der Waals surface area contributed by atoms with Crippen LogP contribution in [0, 0.1) is 6.92 Å². The first-order valence-electron chi connectivity index (χ1n) is 8.41. The van der Waals surface area contributed by atoms with Gasteiger partial charge in [0.25, 0.3) is 0 Å². The summed E-state index contributed by atoms with van der Waals surface area (Å²) < 4.78 is 3.15. The van der Waals surface area contributed by atoms with Crippen LogP contribution in [0.25, 0.3) is 10.8 Å². The number of amides is 2. The summed E-state index contributed by atoms with van der Waals surface area (Å²) in [6.45, 7) is 3.37. The van der Waals surface area contributed by atoms with Gasteiger partial charge in [0.1, 0.15) is 5.82 Å². The molecule has 8 nitrogen and oxygen atoms in total. The monoisotopic (exact) mass is 383 g/mol. The van der Waals surface area contributed by atoms with E-state index < -0.39 is 6.03 Å². The second kappa shape index (κ2) is 9.15. The van der Waals surface area contributed by atoms with Crippen molar-refractivity contribution < 1.29 is 4.79 Å². The highest BCUT2D eigenvalue weighted by Gasteiger charge is 2.08. The number of nitrogens with one attached hydrogen (secondary N) is 4. The Balaban J connectivity index is 1.63. The molecule has 2 amide bonds. The molecule has 4 N–H and O–H groups in total. The maximum absolute atomic E-state index is 12.3. The fourth-order valence-electron chi connectivity index (χ4n) is 2.48. The lowest BCUT2D eigenvalue weighted by atomic mass is 10.1. The molecule has 0 radical (unpaired) electrons. The number of carbonyl (C=O) groups excluding carboxylic acids is 1. The number of hydrogen-bond donors (Lipinski definition) is 4. The van der Waals surface area contributed by atoms with Gasteiger partial charge in [0, 0.05) is 48.3 Å². The number of urea groups is 1. The van der Waals surface area contributed by atoms with Crippen LogP contribution in [0.3, 0.4) is 0 Å². The number of aryl methyl sites for hydroxylation is 1. The molecule has 3 rings (SSSR count). The number of aromatic nitrogens is 3. The molecule has 0 saturated heterocycles. The van der Waals surface area contributed by atoms with E-state index in [9.17, 15) is 4.79 Å². The summed E-state index contributed by atoms with van der Waals surface area (Å²) in [5.41, 5.74) is 1.44. The van der Waals surface area contributed by atoms with Crippen LogP contribution in [0.4, 0.5) is 22.2 Å². The normalized spacial score (nSPS) is 10.6. The van der Waals surface area contributed by atoms with Crippen LogP contribution >= 0.6 is 11.9 Å². The standard InChI is InChI=1S/C18H21N7OS/c1-12-9-16(20-7-8-21-27-2)24-17(22-12)25-18(26)23-15-4-3-14-11-19-6-5-13(14)10-15/h3-6,9-11,21H,7-8H2,1-2H3,(H3,20,22,23,24,25,26). The lowest BCUT2D eigenvalue weighted by molar-refractivity contribution is 0.262. The zero-order valence-electron chi connectivity index (χ0n) is 15.1. The van der Waals surface area contributed by atoms with Crippen molar-refractivity contribution in [1.29, 1.82) is 0 Å². The van der Waals surface area contributed by atoms with Crippen molar-refractivity contribution in [2.75, 3.05) is 35.3 Å². The number of anilines is 3. The van der Waals surface area contributed by atoms with Crippen LogP contribution in [0.15, 0.2) is 42.7 Å². The SMILES string of the molecule is CSNCCNc1cc(C)nc(NC(=O)Nc2ccc3cnccc3c2)n1. The largest absolute Gasteiger partial charge is 0.369 e. The number of hydrogen-bond acceptors (Lipinski definition) is 7. The van der Waals surface area contributed by atoms with E-state index in [1.54, 1.807) is 24.3 Å². The van der Waals surface area contributed by atoms with E-state index in [4.69, 9.17) is 0 Å². The Hall–Kier alpha value is -2.91. The van der Waals surface area contributed by atoms with Gasteiger partial charge < -0.3 is 10.6 Å². The number of fused-ring (bicyclic) bond motifs is 1. The fraction of sp³-hybridized carbons (Fsp3) is 0.222. The first kappa shape index (κ1) is 18.9. The Kier molecular flexibility index (Phi) is 6.39. The summed E-state index contributed by atoms with van der Waals surface area (Å²) >= 11 is 1.56. The third-order valence-corrected chi connectivity index (χ3v) is 4.15. The first-order chi connectivity index (χ1) is 13.1. The number of rotatable bonds is 7. The van der Waals surface area contributed by atoms with Gasteiger partial charge in [-0.2, -0.15) is 4.98 Å². The molecule has 0 fully saturated rings. The topological polar surface area (TPSA) is 104 Å². The quantitative estimate of drug-likeness (QED) is 0.367. The van der Waals surface area contributed by atoms with Crippen LogP contribution in [0.5, 0.6) is 0 Å².